The fourth-order valence-corrected chi connectivity index (χ4v) is 3.21. The lowest BCUT2D eigenvalue weighted by atomic mass is 10.1. The summed E-state index contributed by atoms with van der Waals surface area (Å²) >= 11 is 1.68. The van der Waals surface area contributed by atoms with E-state index in [1.807, 2.05) is 30.5 Å². The third-order valence-corrected chi connectivity index (χ3v) is 4.36. The Morgan fingerprint density at radius 3 is 2.95 bits per heavy atom. The molecule has 4 nitrogen and oxygen atoms in total. The Morgan fingerprint density at radius 2 is 2.05 bits per heavy atom. The minimum Gasteiger partial charge on any atom is -0.317 e. The molecule has 2 aromatic heterocycles. The van der Waals surface area contributed by atoms with E-state index in [4.69, 9.17) is 0 Å². The maximum Gasteiger partial charge on any atom is 0.148 e. The average molecular weight is 298 g/mol. The second-order valence-corrected chi connectivity index (χ2v) is 5.90. The normalized spacial score (nSPS) is 11.1. The van der Waals surface area contributed by atoms with E-state index in [0.29, 0.717) is 0 Å². The van der Waals surface area contributed by atoms with Crippen LogP contribution in [0.2, 0.25) is 0 Å². The van der Waals surface area contributed by atoms with Gasteiger partial charge in [0.05, 0.1) is 5.52 Å². The van der Waals surface area contributed by atoms with E-state index < -0.39 is 0 Å². The first kappa shape index (κ1) is 14.1. The number of nitrogens with one attached hydrogen (secondary N) is 1. The van der Waals surface area contributed by atoms with Gasteiger partial charge in [-0.25, -0.2) is 0 Å². The molecule has 0 fully saturated rings. The van der Waals surface area contributed by atoms with Crippen molar-refractivity contribution in [1.82, 2.24) is 20.5 Å². The molecule has 1 N–H and O–H groups in total. The Morgan fingerprint density at radius 1 is 1.14 bits per heavy atom. The Kier molecular flexibility index (Phi) is 4.52. The molecule has 2 heterocycles. The maximum atomic E-state index is 4.39. The highest BCUT2D eigenvalue weighted by molar-refractivity contribution is 7.14. The summed E-state index contributed by atoms with van der Waals surface area (Å²) in [4.78, 5) is 4.39. The molecule has 0 saturated heterocycles. The molecule has 1 aromatic carbocycles. The summed E-state index contributed by atoms with van der Waals surface area (Å²) in [6, 6.07) is 10.2. The first-order valence-corrected chi connectivity index (χ1v) is 8.07. The molecular weight excluding hydrogens is 280 g/mol. The Hall–Kier alpha value is -1.85. The highest BCUT2D eigenvalue weighted by Gasteiger charge is 2.10. The second kappa shape index (κ2) is 6.74. The molecule has 0 amide bonds. The van der Waals surface area contributed by atoms with Crippen molar-refractivity contribution in [2.75, 3.05) is 13.1 Å². The van der Waals surface area contributed by atoms with Crippen molar-refractivity contribution in [3.8, 4) is 10.6 Å². The molecule has 0 radical (unpaired) electrons. The summed E-state index contributed by atoms with van der Waals surface area (Å²) in [7, 11) is 0. The molecule has 0 spiro atoms. The van der Waals surface area contributed by atoms with Gasteiger partial charge in [0.15, 0.2) is 0 Å². The van der Waals surface area contributed by atoms with E-state index >= 15 is 0 Å². The Labute approximate surface area is 128 Å². The molecule has 0 unspecified atom stereocenters. The van der Waals surface area contributed by atoms with Crippen LogP contribution in [0.1, 0.15) is 18.4 Å². The molecule has 3 aromatic rings. The van der Waals surface area contributed by atoms with Crippen LogP contribution in [0.5, 0.6) is 0 Å². The SMILES string of the molecule is CCNCCCc1nnc(-c2ccnc3ccccc23)s1. The lowest BCUT2D eigenvalue weighted by molar-refractivity contribution is 0.669. The number of pyridine rings is 1. The summed E-state index contributed by atoms with van der Waals surface area (Å²) in [5.74, 6) is 0. The van der Waals surface area contributed by atoms with Crippen LogP contribution in [-0.2, 0) is 6.42 Å². The predicted molar refractivity (Wildman–Crippen MR) is 87.5 cm³/mol. The molecule has 0 atom stereocenters. The van der Waals surface area contributed by atoms with Gasteiger partial charge in [0.1, 0.15) is 10.0 Å². The summed E-state index contributed by atoms with van der Waals surface area (Å²) in [6.45, 7) is 4.17. The van der Waals surface area contributed by atoms with Gasteiger partial charge in [0.25, 0.3) is 0 Å². The number of nitrogens with zero attached hydrogens (tertiary/aromatic N) is 3. The largest absolute Gasteiger partial charge is 0.317 e. The lowest BCUT2D eigenvalue weighted by Gasteiger charge is -2.01. The first-order valence-electron chi connectivity index (χ1n) is 7.25. The number of hydrogen-bond donors (Lipinski definition) is 1. The third kappa shape index (κ3) is 3.25. The van der Waals surface area contributed by atoms with Gasteiger partial charge in [-0.3, -0.25) is 4.98 Å². The Bertz CT molecular complexity index is 718. The van der Waals surface area contributed by atoms with Crippen LogP contribution in [0, 0.1) is 0 Å². The molecule has 21 heavy (non-hydrogen) atoms. The van der Waals surface area contributed by atoms with Gasteiger partial charge >= 0.3 is 0 Å². The van der Waals surface area contributed by atoms with E-state index in [-0.39, 0.29) is 0 Å². The molecule has 0 saturated carbocycles. The Balaban J connectivity index is 1.81. The van der Waals surface area contributed by atoms with Crippen LogP contribution in [0.25, 0.3) is 21.5 Å². The number of hydrogen-bond acceptors (Lipinski definition) is 5. The smallest absolute Gasteiger partial charge is 0.148 e. The van der Waals surface area contributed by atoms with Crippen LogP contribution >= 0.6 is 11.3 Å². The number of fused-ring (bicyclic) bond motifs is 1. The molecule has 0 aliphatic heterocycles. The van der Waals surface area contributed by atoms with Crippen molar-refractivity contribution in [3.05, 3.63) is 41.5 Å². The van der Waals surface area contributed by atoms with E-state index in [2.05, 4.69) is 33.5 Å². The number of benzene rings is 1. The van der Waals surface area contributed by atoms with Gasteiger partial charge in [-0.15, -0.1) is 10.2 Å². The lowest BCUT2D eigenvalue weighted by Crippen LogP contribution is -2.14. The van der Waals surface area contributed by atoms with Crippen LogP contribution in [0.3, 0.4) is 0 Å². The van der Waals surface area contributed by atoms with Gasteiger partial charge in [-0.05, 0) is 31.6 Å². The van der Waals surface area contributed by atoms with Gasteiger partial charge < -0.3 is 5.32 Å². The fraction of sp³-hybridized carbons (Fsp3) is 0.312. The standard InChI is InChI=1S/C16H18N4S/c1-2-17-10-5-8-15-19-20-16(21-15)13-9-11-18-14-7-4-3-6-12(13)14/h3-4,6-7,9,11,17H,2,5,8,10H2,1H3. The van der Waals surface area contributed by atoms with E-state index in [1.54, 1.807) is 11.3 Å². The maximum absolute atomic E-state index is 4.39. The highest BCUT2D eigenvalue weighted by atomic mass is 32.1. The topological polar surface area (TPSA) is 50.7 Å². The van der Waals surface area contributed by atoms with Gasteiger partial charge in [-0.2, -0.15) is 0 Å². The van der Waals surface area contributed by atoms with Crippen molar-refractivity contribution < 1.29 is 0 Å². The number of aryl methyl sites for hydroxylation is 1. The molecule has 3 rings (SSSR count). The highest BCUT2D eigenvalue weighted by Crippen LogP contribution is 2.29. The molecule has 5 heteroatoms. The third-order valence-electron chi connectivity index (χ3n) is 3.34. The molecular formula is C16H18N4S. The molecule has 0 aliphatic carbocycles. The van der Waals surface area contributed by atoms with Gasteiger partial charge in [-0.1, -0.05) is 36.5 Å². The molecule has 0 bridgehead atoms. The second-order valence-electron chi connectivity index (χ2n) is 4.83. The fourth-order valence-electron chi connectivity index (χ4n) is 2.29. The number of rotatable bonds is 6. The summed E-state index contributed by atoms with van der Waals surface area (Å²) < 4.78 is 0. The summed E-state index contributed by atoms with van der Waals surface area (Å²) in [5, 5.41) is 15.2. The van der Waals surface area contributed by atoms with Crippen LogP contribution < -0.4 is 5.32 Å². The number of para-hydroxylation sites is 1. The monoisotopic (exact) mass is 298 g/mol. The minimum atomic E-state index is 0.979. The average Bonchev–Trinajstić information content (AvgIpc) is 3.00. The van der Waals surface area contributed by atoms with E-state index in [9.17, 15) is 0 Å². The molecule has 0 aliphatic rings. The van der Waals surface area contributed by atoms with Crippen LogP contribution in [0.4, 0.5) is 0 Å². The van der Waals surface area contributed by atoms with Crippen LogP contribution in [0.15, 0.2) is 36.5 Å². The summed E-state index contributed by atoms with van der Waals surface area (Å²) in [5.41, 5.74) is 2.12. The van der Waals surface area contributed by atoms with E-state index in [0.717, 1.165) is 52.4 Å². The summed E-state index contributed by atoms with van der Waals surface area (Å²) in [6.07, 6.45) is 3.91. The van der Waals surface area contributed by atoms with Crippen molar-refractivity contribution in [3.63, 3.8) is 0 Å². The molecule has 108 valence electrons. The zero-order valence-electron chi connectivity index (χ0n) is 12.0. The van der Waals surface area contributed by atoms with Crippen molar-refractivity contribution in [2.24, 2.45) is 0 Å². The predicted octanol–water partition coefficient (Wildman–Crippen LogP) is 3.30. The first-order chi connectivity index (χ1) is 10.4. The van der Waals surface area contributed by atoms with Gasteiger partial charge in [0, 0.05) is 23.6 Å². The van der Waals surface area contributed by atoms with Crippen molar-refractivity contribution in [1.29, 1.82) is 0 Å². The quantitative estimate of drug-likeness (QED) is 0.709. The van der Waals surface area contributed by atoms with E-state index in [1.165, 1.54) is 0 Å². The van der Waals surface area contributed by atoms with Crippen LogP contribution in [-0.4, -0.2) is 28.3 Å². The number of aromatic nitrogens is 3. The van der Waals surface area contributed by atoms with Gasteiger partial charge in [0.2, 0.25) is 0 Å². The van der Waals surface area contributed by atoms with Crippen molar-refractivity contribution >= 4 is 22.2 Å². The van der Waals surface area contributed by atoms with Crippen molar-refractivity contribution in [2.45, 2.75) is 19.8 Å². The zero-order chi connectivity index (χ0) is 14.5. The zero-order valence-corrected chi connectivity index (χ0v) is 12.9. The minimum absolute atomic E-state index is 0.979.